The fraction of sp³-hybridized carbons (Fsp3) is 0.412. The molecular formula is C17H20F3N3OS. The van der Waals surface area contributed by atoms with Crippen LogP contribution in [0.2, 0.25) is 0 Å². The molecule has 0 amide bonds. The van der Waals surface area contributed by atoms with Crippen molar-refractivity contribution in [2.75, 3.05) is 0 Å². The summed E-state index contributed by atoms with van der Waals surface area (Å²) in [6, 6.07) is 5.64. The average molecular weight is 371 g/mol. The highest BCUT2D eigenvalue weighted by Gasteiger charge is 2.32. The molecule has 0 radical (unpaired) electrons. The number of rotatable bonds is 4. The van der Waals surface area contributed by atoms with Gasteiger partial charge in [0.1, 0.15) is 10.4 Å². The normalized spacial score (nSPS) is 15.0. The van der Waals surface area contributed by atoms with Crippen LogP contribution in [0.4, 0.5) is 13.2 Å². The molecule has 0 aromatic carbocycles. The zero-order valence-electron chi connectivity index (χ0n) is 14.4. The first-order valence-corrected chi connectivity index (χ1v) is 8.81. The van der Waals surface area contributed by atoms with Gasteiger partial charge in [0, 0.05) is 29.3 Å². The molecular weight excluding hydrogens is 351 g/mol. The lowest BCUT2D eigenvalue weighted by Crippen LogP contribution is -2.40. The Morgan fingerprint density at radius 2 is 1.76 bits per heavy atom. The summed E-state index contributed by atoms with van der Waals surface area (Å²) in [5.41, 5.74) is 0.664. The minimum atomic E-state index is -4.49. The highest BCUT2D eigenvalue weighted by molar-refractivity contribution is 7.90. The lowest BCUT2D eigenvalue weighted by molar-refractivity contribution is -0.141. The van der Waals surface area contributed by atoms with Crippen molar-refractivity contribution in [3.63, 3.8) is 0 Å². The lowest BCUT2D eigenvalue weighted by Gasteiger charge is -2.26. The van der Waals surface area contributed by atoms with Gasteiger partial charge in [0.15, 0.2) is 0 Å². The third kappa shape index (κ3) is 5.17. The molecule has 0 aliphatic carbocycles. The van der Waals surface area contributed by atoms with E-state index in [-0.39, 0.29) is 6.04 Å². The number of nitrogens with one attached hydrogen (secondary N) is 1. The largest absolute Gasteiger partial charge is 0.598 e. The zero-order valence-corrected chi connectivity index (χ0v) is 15.2. The second kappa shape index (κ2) is 7.31. The molecule has 0 saturated carbocycles. The van der Waals surface area contributed by atoms with Gasteiger partial charge < -0.3 is 4.55 Å². The summed E-state index contributed by atoms with van der Waals surface area (Å²) in [6.07, 6.45) is -1.86. The van der Waals surface area contributed by atoms with Crippen LogP contribution in [0.5, 0.6) is 0 Å². The molecule has 25 heavy (non-hydrogen) atoms. The predicted molar refractivity (Wildman–Crippen MR) is 91.9 cm³/mol. The Hall–Kier alpha value is -1.64. The molecule has 0 saturated heterocycles. The summed E-state index contributed by atoms with van der Waals surface area (Å²) in [4.78, 5) is 7.63. The molecule has 2 heterocycles. The van der Waals surface area contributed by atoms with Crippen molar-refractivity contribution in [1.29, 1.82) is 0 Å². The van der Waals surface area contributed by atoms with Crippen molar-refractivity contribution in [1.82, 2.24) is 14.7 Å². The summed E-state index contributed by atoms with van der Waals surface area (Å²) in [5, 5.41) is 0. The van der Waals surface area contributed by atoms with Crippen molar-refractivity contribution >= 4 is 11.4 Å². The SMILES string of the molecule is CC(N[S@@+]([O-])C(C)(C)C)c1ccc(-c2ccnc(C(F)(F)F)c2)cn1. The van der Waals surface area contributed by atoms with E-state index in [4.69, 9.17) is 0 Å². The molecule has 2 aromatic rings. The van der Waals surface area contributed by atoms with E-state index in [1.165, 1.54) is 12.3 Å². The van der Waals surface area contributed by atoms with E-state index in [9.17, 15) is 17.7 Å². The topological polar surface area (TPSA) is 60.9 Å². The summed E-state index contributed by atoms with van der Waals surface area (Å²) in [5.74, 6) is 0. The highest BCUT2D eigenvalue weighted by atomic mass is 32.2. The molecule has 2 atom stereocenters. The highest BCUT2D eigenvalue weighted by Crippen LogP contribution is 2.30. The van der Waals surface area contributed by atoms with Crippen molar-refractivity contribution in [2.24, 2.45) is 0 Å². The third-order valence-electron chi connectivity index (χ3n) is 3.45. The van der Waals surface area contributed by atoms with Crippen LogP contribution in [0.1, 0.15) is 45.1 Å². The Labute approximate surface area is 148 Å². The zero-order chi connectivity index (χ0) is 18.8. The smallest absolute Gasteiger partial charge is 0.433 e. The average Bonchev–Trinajstić information content (AvgIpc) is 2.53. The number of halogens is 3. The van der Waals surface area contributed by atoms with E-state index in [2.05, 4.69) is 14.7 Å². The first-order chi connectivity index (χ1) is 11.5. The monoisotopic (exact) mass is 371 g/mol. The number of hydrogen-bond acceptors (Lipinski definition) is 4. The summed E-state index contributed by atoms with van der Waals surface area (Å²) < 4.78 is 53.0. The van der Waals surface area contributed by atoms with Gasteiger partial charge in [0.2, 0.25) is 0 Å². The molecule has 8 heteroatoms. The van der Waals surface area contributed by atoms with Crippen molar-refractivity contribution < 1.29 is 17.7 Å². The molecule has 0 fully saturated rings. The third-order valence-corrected chi connectivity index (χ3v) is 5.13. The molecule has 0 aliphatic heterocycles. The molecule has 4 nitrogen and oxygen atoms in total. The van der Waals surface area contributed by atoms with Crippen LogP contribution in [0.15, 0.2) is 36.7 Å². The maximum atomic E-state index is 12.8. The van der Waals surface area contributed by atoms with E-state index < -0.39 is 28.0 Å². The Kier molecular flexibility index (Phi) is 5.75. The van der Waals surface area contributed by atoms with Crippen molar-refractivity contribution in [3.05, 3.63) is 48.0 Å². The van der Waals surface area contributed by atoms with Crippen LogP contribution in [-0.2, 0) is 17.5 Å². The molecule has 1 unspecified atom stereocenters. The van der Waals surface area contributed by atoms with Crippen LogP contribution < -0.4 is 4.72 Å². The van der Waals surface area contributed by atoms with Gasteiger partial charge in [-0.2, -0.15) is 13.2 Å². The Bertz CT molecular complexity index is 714. The number of nitrogens with zero attached hydrogens (tertiary/aromatic N) is 2. The van der Waals surface area contributed by atoms with Gasteiger partial charge in [-0.25, -0.2) is 0 Å². The van der Waals surface area contributed by atoms with E-state index in [1.807, 2.05) is 27.7 Å². The fourth-order valence-electron chi connectivity index (χ4n) is 2.00. The van der Waals surface area contributed by atoms with E-state index >= 15 is 0 Å². The Balaban J connectivity index is 2.17. The van der Waals surface area contributed by atoms with Crippen LogP contribution >= 0.6 is 0 Å². The van der Waals surface area contributed by atoms with Crippen LogP contribution in [0.3, 0.4) is 0 Å². The number of pyridine rings is 2. The second-order valence-electron chi connectivity index (χ2n) is 6.62. The van der Waals surface area contributed by atoms with Crippen molar-refractivity contribution in [3.8, 4) is 11.1 Å². The molecule has 0 spiro atoms. The van der Waals surface area contributed by atoms with E-state index in [0.717, 1.165) is 12.3 Å². The Morgan fingerprint density at radius 1 is 1.08 bits per heavy atom. The maximum Gasteiger partial charge on any atom is 0.433 e. The lowest BCUT2D eigenvalue weighted by atomic mass is 10.1. The molecule has 136 valence electrons. The van der Waals surface area contributed by atoms with Gasteiger partial charge in [-0.05, 0) is 51.5 Å². The first-order valence-electron chi connectivity index (χ1n) is 7.66. The minimum absolute atomic E-state index is 0.253. The summed E-state index contributed by atoms with van der Waals surface area (Å²) in [7, 11) is 0. The van der Waals surface area contributed by atoms with Gasteiger partial charge in [0.05, 0.1) is 11.7 Å². The molecule has 0 aliphatic rings. The van der Waals surface area contributed by atoms with E-state index in [0.29, 0.717) is 16.8 Å². The van der Waals surface area contributed by atoms with Crippen LogP contribution in [0, 0.1) is 0 Å². The number of alkyl halides is 3. The summed E-state index contributed by atoms with van der Waals surface area (Å²) in [6.45, 7) is 7.42. The van der Waals surface area contributed by atoms with Gasteiger partial charge in [0.25, 0.3) is 0 Å². The molecule has 1 N–H and O–H groups in total. The fourth-order valence-corrected chi connectivity index (χ4v) is 2.79. The van der Waals surface area contributed by atoms with Crippen LogP contribution in [-0.4, -0.2) is 19.3 Å². The molecule has 0 bridgehead atoms. The van der Waals surface area contributed by atoms with Gasteiger partial charge in [-0.3, -0.25) is 9.97 Å². The number of aromatic nitrogens is 2. The molecule has 2 rings (SSSR count). The first kappa shape index (κ1) is 19.7. The van der Waals surface area contributed by atoms with Gasteiger partial charge in [-0.15, -0.1) is 4.72 Å². The van der Waals surface area contributed by atoms with Gasteiger partial charge >= 0.3 is 6.18 Å². The molecule has 2 aromatic heterocycles. The summed E-state index contributed by atoms with van der Waals surface area (Å²) >= 11 is -1.25. The predicted octanol–water partition coefficient (Wildman–Crippen LogP) is 4.28. The standard InChI is InChI=1S/C17H20F3N3OS/c1-11(23-25(24)16(2,3)4)14-6-5-13(10-22-14)12-7-8-21-15(9-12)17(18,19)20/h5-11,23H,1-4H3/t11?,25-/m0/s1. The Morgan fingerprint density at radius 3 is 2.28 bits per heavy atom. The van der Waals surface area contributed by atoms with Gasteiger partial charge in [-0.1, -0.05) is 6.07 Å². The number of hydrogen-bond donors (Lipinski definition) is 1. The van der Waals surface area contributed by atoms with Crippen molar-refractivity contribution in [2.45, 2.75) is 44.7 Å². The maximum absolute atomic E-state index is 12.8. The minimum Gasteiger partial charge on any atom is -0.598 e. The second-order valence-corrected chi connectivity index (χ2v) is 8.62. The van der Waals surface area contributed by atoms with E-state index in [1.54, 1.807) is 12.1 Å². The quantitative estimate of drug-likeness (QED) is 0.815. The van der Waals surface area contributed by atoms with Crippen LogP contribution in [0.25, 0.3) is 11.1 Å².